The fourth-order valence-corrected chi connectivity index (χ4v) is 7.01. The van der Waals surface area contributed by atoms with Gasteiger partial charge in [0, 0.05) is 0 Å². The van der Waals surface area contributed by atoms with Gasteiger partial charge in [0.25, 0.3) is 0 Å². The fourth-order valence-electron chi connectivity index (χ4n) is 7.01. The minimum Gasteiger partial charge on any atom is -0.494 e. The molecule has 4 unspecified atom stereocenters. The Kier molecular flexibility index (Phi) is 7.73. The Bertz CT molecular complexity index is 787. The molecule has 32 heavy (non-hydrogen) atoms. The number of rotatable bonds is 6. The molecule has 0 heterocycles. The second-order valence-corrected chi connectivity index (χ2v) is 10.4. The maximum atomic E-state index is 14.3. The zero-order valence-corrected chi connectivity index (χ0v) is 19.6. The first-order chi connectivity index (χ1) is 15.5. The molecule has 3 fully saturated rings. The summed E-state index contributed by atoms with van der Waals surface area (Å²) in [5, 5.41) is 0. The largest absolute Gasteiger partial charge is 0.494 e. The second kappa shape index (κ2) is 10.5. The molecule has 0 radical (unpaired) electrons. The van der Waals surface area contributed by atoms with Gasteiger partial charge in [0.1, 0.15) is 0 Å². The van der Waals surface area contributed by atoms with Crippen LogP contribution in [0.4, 0.5) is 8.78 Å². The Labute approximate surface area is 191 Å². The van der Waals surface area contributed by atoms with Crippen LogP contribution in [0.2, 0.25) is 0 Å². The molecule has 3 aliphatic carbocycles. The SMILES string of the molecule is CCCC1CCC(C2CCC3C(CCCC3C(=O)Oc3ccc(OC)c(F)c3F)C2)CC1. The molecule has 4 rings (SSSR count). The molecule has 0 N–H and O–H groups in total. The average molecular weight is 449 g/mol. The Morgan fingerprint density at radius 2 is 1.59 bits per heavy atom. The van der Waals surface area contributed by atoms with Gasteiger partial charge in [0.15, 0.2) is 11.5 Å². The Hall–Kier alpha value is -1.65. The number of fused-ring (bicyclic) bond motifs is 1. The van der Waals surface area contributed by atoms with Gasteiger partial charge >= 0.3 is 5.97 Å². The minimum atomic E-state index is -1.16. The smallest absolute Gasteiger partial charge is 0.314 e. The second-order valence-electron chi connectivity index (χ2n) is 10.4. The lowest BCUT2D eigenvalue weighted by molar-refractivity contribution is -0.144. The number of hydrogen-bond acceptors (Lipinski definition) is 3. The van der Waals surface area contributed by atoms with E-state index in [-0.39, 0.29) is 17.4 Å². The van der Waals surface area contributed by atoms with Gasteiger partial charge in [0.2, 0.25) is 11.6 Å². The standard InChI is InChI=1S/C27H38F2O3/c1-3-5-17-8-10-18(11-9-17)19-12-13-21-20(16-19)6-4-7-22(21)27(30)32-24-15-14-23(31-2)25(28)26(24)29/h14-15,17-22H,3-13,16H2,1-2H3. The molecule has 178 valence electrons. The van der Waals surface area contributed by atoms with Crippen LogP contribution in [0.5, 0.6) is 11.5 Å². The molecular formula is C27H38F2O3. The first kappa shape index (κ1) is 23.5. The van der Waals surface area contributed by atoms with Crippen LogP contribution in [0.3, 0.4) is 0 Å². The molecule has 0 spiro atoms. The highest BCUT2D eigenvalue weighted by atomic mass is 19.2. The van der Waals surface area contributed by atoms with Gasteiger partial charge in [-0.3, -0.25) is 4.79 Å². The van der Waals surface area contributed by atoms with Crippen LogP contribution >= 0.6 is 0 Å². The van der Waals surface area contributed by atoms with Crippen LogP contribution in [-0.2, 0) is 4.79 Å². The number of halogens is 2. The molecule has 4 atom stereocenters. The highest BCUT2D eigenvalue weighted by Crippen LogP contribution is 2.50. The van der Waals surface area contributed by atoms with Gasteiger partial charge in [-0.25, -0.2) is 0 Å². The summed E-state index contributed by atoms with van der Waals surface area (Å²) in [5.74, 6) is 0.0391. The molecular weight excluding hydrogens is 410 g/mol. The topological polar surface area (TPSA) is 35.5 Å². The first-order valence-corrected chi connectivity index (χ1v) is 12.7. The lowest BCUT2D eigenvalue weighted by Crippen LogP contribution is -2.40. The van der Waals surface area contributed by atoms with Gasteiger partial charge in [-0.15, -0.1) is 0 Å². The third-order valence-corrected chi connectivity index (χ3v) is 8.69. The predicted octanol–water partition coefficient (Wildman–Crippen LogP) is 7.32. The minimum absolute atomic E-state index is 0.193. The first-order valence-electron chi connectivity index (χ1n) is 12.7. The Morgan fingerprint density at radius 1 is 0.906 bits per heavy atom. The summed E-state index contributed by atoms with van der Waals surface area (Å²) in [7, 11) is 1.28. The summed E-state index contributed by atoms with van der Waals surface area (Å²) < 4.78 is 38.5. The summed E-state index contributed by atoms with van der Waals surface area (Å²) in [5.41, 5.74) is 0. The van der Waals surface area contributed by atoms with E-state index < -0.39 is 17.6 Å². The molecule has 3 nitrogen and oxygen atoms in total. The summed E-state index contributed by atoms with van der Waals surface area (Å²) >= 11 is 0. The monoisotopic (exact) mass is 448 g/mol. The maximum Gasteiger partial charge on any atom is 0.314 e. The number of carbonyl (C=O) groups is 1. The molecule has 0 amide bonds. The van der Waals surface area contributed by atoms with Crippen molar-refractivity contribution in [2.75, 3.05) is 7.11 Å². The number of carbonyl (C=O) groups excluding carboxylic acids is 1. The number of ether oxygens (including phenoxy) is 2. The zero-order chi connectivity index (χ0) is 22.7. The van der Waals surface area contributed by atoms with Gasteiger partial charge in [-0.1, -0.05) is 45.4 Å². The van der Waals surface area contributed by atoms with Gasteiger partial charge in [0.05, 0.1) is 13.0 Å². The fraction of sp³-hybridized carbons (Fsp3) is 0.741. The van der Waals surface area contributed by atoms with Crippen LogP contribution < -0.4 is 9.47 Å². The molecule has 0 bridgehead atoms. The van der Waals surface area contributed by atoms with E-state index in [9.17, 15) is 13.6 Å². The lowest BCUT2D eigenvalue weighted by atomic mass is 9.59. The van der Waals surface area contributed by atoms with Crippen molar-refractivity contribution in [3.63, 3.8) is 0 Å². The van der Waals surface area contributed by atoms with Gasteiger partial charge < -0.3 is 9.47 Å². The van der Waals surface area contributed by atoms with E-state index in [0.717, 1.165) is 37.0 Å². The highest BCUT2D eigenvalue weighted by molar-refractivity contribution is 5.75. The summed E-state index contributed by atoms with van der Waals surface area (Å²) in [6.07, 6.45) is 14.7. The molecule has 1 aromatic carbocycles. The van der Waals surface area contributed by atoms with Crippen LogP contribution in [0.25, 0.3) is 0 Å². The van der Waals surface area contributed by atoms with Crippen molar-refractivity contribution in [2.24, 2.45) is 35.5 Å². The number of esters is 1. The van der Waals surface area contributed by atoms with E-state index in [1.807, 2.05) is 0 Å². The van der Waals surface area contributed by atoms with Crippen molar-refractivity contribution in [3.05, 3.63) is 23.8 Å². The van der Waals surface area contributed by atoms with E-state index in [1.54, 1.807) is 0 Å². The van der Waals surface area contributed by atoms with Crippen molar-refractivity contribution in [2.45, 2.75) is 84.0 Å². The quantitative estimate of drug-likeness (QED) is 0.338. The number of methoxy groups -OCH3 is 1. The Morgan fingerprint density at radius 3 is 2.31 bits per heavy atom. The summed E-state index contributed by atoms with van der Waals surface area (Å²) in [6, 6.07) is 2.58. The lowest BCUT2D eigenvalue weighted by Gasteiger charge is -2.46. The molecule has 0 aromatic heterocycles. The summed E-state index contributed by atoms with van der Waals surface area (Å²) in [6.45, 7) is 2.29. The van der Waals surface area contributed by atoms with Gasteiger partial charge in [-0.05, 0) is 80.2 Å². The molecule has 3 saturated carbocycles. The zero-order valence-electron chi connectivity index (χ0n) is 19.6. The van der Waals surface area contributed by atoms with E-state index in [2.05, 4.69) is 6.92 Å². The maximum absolute atomic E-state index is 14.3. The Balaban J connectivity index is 1.36. The number of benzene rings is 1. The molecule has 0 saturated heterocycles. The highest BCUT2D eigenvalue weighted by Gasteiger charge is 2.43. The van der Waals surface area contributed by atoms with Crippen molar-refractivity contribution < 1.29 is 23.0 Å². The third kappa shape index (κ3) is 4.97. The number of hydrogen-bond donors (Lipinski definition) is 0. The van der Waals surface area contributed by atoms with Crippen molar-refractivity contribution >= 4 is 5.97 Å². The van der Waals surface area contributed by atoms with Gasteiger partial charge in [-0.2, -0.15) is 8.78 Å². The van der Waals surface area contributed by atoms with Crippen LogP contribution in [0, 0.1) is 47.1 Å². The molecule has 1 aromatic rings. The molecule has 3 aliphatic rings. The van der Waals surface area contributed by atoms with Crippen LogP contribution in [-0.4, -0.2) is 13.1 Å². The average Bonchev–Trinajstić information content (AvgIpc) is 2.82. The summed E-state index contributed by atoms with van der Waals surface area (Å²) in [4.78, 5) is 13.0. The van der Waals surface area contributed by atoms with E-state index in [1.165, 1.54) is 77.0 Å². The molecule has 5 heteroatoms. The van der Waals surface area contributed by atoms with Crippen molar-refractivity contribution in [1.29, 1.82) is 0 Å². The van der Waals surface area contributed by atoms with E-state index >= 15 is 0 Å². The third-order valence-electron chi connectivity index (χ3n) is 8.69. The molecule has 0 aliphatic heterocycles. The van der Waals surface area contributed by atoms with Crippen molar-refractivity contribution in [3.8, 4) is 11.5 Å². The normalized spacial score (nSPS) is 32.8. The van der Waals surface area contributed by atoms with Crippen LogP contribution in [0.1, 0.15) is 84.0 Å². The van der Waals surface area contributed by atoms with Crippen molar-refractivity contribution in [1.82, 2.24) is 0 Å². The van der Waals surface area contributed by atoms with E-state index in [4.69, 9.17) is 9.47 Å². The van der Waals surface area contributed by atoms with E-state index in [0.29, 0.717) is 11.8 Å². The van der Waals surface area contributed by atoms with Crippen LogP contribution in [0.15, 0.2) is 12.1 Å². The predicted molar refractivity (Wildman–Crippen MR) is 121 cm³/mol.